The SMILES string of the molecule is CC(C)(C)C(=C1C(C)(C)C(=O)C1(C)C)C(C)(C)C. The summed E-state index contributed by atoms with van der Waals surface area (Å²) >= 11 is 0. The van der Waals surface area contributed by atoms with Gasteiger partial charge >= 0.3 is 0 Å². The van der Waals surface area contributed by atoms with Crippen molar-refractivity contribution in [3.05, 3.63) is 11.1 Å². The van der Waals surface area contributed by atoms with Gasteiger partial charge in [0, 0.05) is 10.8 Å². The first-order valence-electron chi connectivity index (χ1n) is 6.95. The summed E-state index contributed by atoms with van der Waals surface area (Å²) in [4.78, 5) is 12.3. The fraction of sp³-hybridized carbons (Fsp3) is 0.824. The maximum absolute atomic E-state index is 12.3. The van der Waals surface area contributed by atoms with E-state index in [1.54, 1.807) is 0 Å². The topological polar surface area (TPSA) is 17.1 Å². The first kappa shape index (κ1) is 15.5. The summed E-state index contributed by atoms with van der Waals surface area (Å²) in [5.41, 5.74) is 2.43. The lowest BCUT2D eigenvalue weighted by atomic mass is 9.46. The van der Waals surface area contributed by atoms with Crippen LogP contribution in [0, 0.1) is 21.7 Å². The van der Waals surface area contributed by atoms with Crippen LogP contribution in [0.25, 0.3) is 0 Å². The number of hydrogen-bond acceptors (Lipinski definition) is 1. The van der Waals surface area contributed by atoms with Crippen LogP contribution in [-0.4, -0.2) is 5.78 Å². The van der Waals surface area contributed by atoms with Crippen LogP contribution in [-0.2, 0) is 4.79 Å². The predicted molar refractivity (Wildman–Crippen MR) is 78.5 cm³/mol. The molecule has 0 bridgehead atoms. The third-order valence-electron chi connectivity index (χ3n) is 4.14. The Kier molecular flexibility index (Phi) is 3.19. The molecule has 0 unspecified atom stereocenters. The van der Waals surface area contributed by atoms with Gasteiger partial charge in [-0.2, -0.15) is 0 Å². The summed E-state index contributed by atoms with van der Waals surface area (Å²) in [6, 6.07) is 0. The number of carbonyl (C=O) groups excluding carboxylic acids is 1. The number of rotatable bonds is 0. The Morgan fingerprint density at radius 1 is 0.778 bits per heavy atom. The molecule has 0 aromatic rings. The van der Waals surface area contributed by atoms with Crippen molar-refractivity contribution in [2.45, 2.75) is 69.2 Å². The molecule has 0 spiro atoms. The van der Waals surface area contributed by atoms with Gasteiger partial charge in [0.05, 0.1) is 0 Å². The Hall–Kier alpha value is -0.590. The highest BCUT2D eigenvalue weighted by atomic mass is 16.1. The van der Waals surface area contributed by atoms with Crippen molar-refractivity contribution >= 4 is 5.78 Å². The zero-order chi connectivity index (χ0) is 14.7. The van der Waals surface area contributed by atoms with Crippen LogP contribution in [0.3, 0.4) is 0 Å². The molecule has 0 atom stereocenters. The van der Waals surface area contributed by atoms with Gasteiger partial charge in [0.2, 0.25) is 0 Å². The van der Waals surface area contributed by atoms with Gasteiger partial charge in [0.25, 0.3) is 0 Å². The average molecular weight is 250 g/mol. The van der Waals surface area contributed by atoms with E-state index < -0.39 is 0 Å². The second kappa shape index (κ2) is 3.71. The molecule has 1 aliphatic rings. The van der Waals surface area contributed by atoms with Crippen molar-refractivity contribution < 1.29 is 4.79 Å². The third-order valence-corrected chi connectivity index (χ3v) is 4.14. The summed E-state index contributed by atoms with van der Waals surface area (Å²) in [7, 11) is 0. The Balaban J connectivity index is 3.63. The van der Waals surface area contributed by atoms with Crippen LogP contribution in [0.2, 0.25) is 0 Å². The van der Waals surface area contributed by atoms with Crippen molar-refractivity contribution in [1.29, 1.82) is 0 Å². The smallest absolute Gasteiger partial charge is 0.152 e. The minimum absolute atomic E-state index is 0.100. The number of carbonyl (C=O) groups is 1. The van der Waals surface area contributed by atoms with Crippen LogP contribution in [0.15, 0.2) is 11.1 Å². The normalized spacial score (nSPS) is 22.8. The molecule has 1 nitrogen and oxygen atoms in total. The molecule has 0 heterocycles. The average Bonchev–Trinajstić information content (AvgIpc) is 2.08. The lowest BCUT2D eigenvalue weighted by Crippen LogP contribution is -2.56. The predicted octanol–water partition coefficient (Wildman–Crippen LogP) is 5.01. The van der Waals surface area contributed by atoms with E-state index in [4.69, 9.17) is 0 Å². The maximum atomic E-state index is 12.3. The summed E-state index contributed by atoms with van der Waals surface area (Å²) < 4.78 is 0. The van der Waals surface area contributed by atoms with Crippen molar-refractivity contribution in [2.75, 3.05) is 0 Å². The quantitative estimate of drug-likeness (QED) is 0.552. The third kappa shape index (κ3) is 2.06. The molecule has 1 fully saturated rings. The van der Waals surface area contributed by atoms with Gasteiger partial charge in [0.15, 0.2) is 5.78 Å². The number of hydrogen-bond donors (Lipinski definition) is 0. The molecular weight excluding hydrogens is 220 g/mol. The molecule has 1 aliphatic carbocycles. The van der Waals surface area contributed by atoms with Crippen LogP contribution in [0.1, 0.15) is 69.2 Å². The van der Waals surface area contributed by atoms with Crippen molar-refractivity contribution in [2.24, 2.45) is 21.7 Å². The Bertz CT molecular complexity index is 370. The monoisotopic (exact) mass is 250 g/mol. The van der Waals surface area contributed by atoms with Gasteiger partial charge in [-0.3, -0.25) is 4.79 Å². The first-order valence-corrected chi connectivity index (χ1v) is 6.95. The zero-order valence-corrected chi connectivity index (χ0v) is 13.9. The largest absolute Gasteiger partial charge is 0.298 e. The summed E-state index contributed by atoms with van der Waals surface area (Å²) in [5, 5.41) is 0. The molecule has 1 heteroatoms. The van der Waals surface area contributed by atoms with E-state index in [1.807, 2.05) is 0 Å². The van der Waals surface area contributed by atoms with Gasteiger partial charge in [0.1, 0.15) is 0 Å². The molecule has 0 saturated heterocycles. The summed E-state index contributed by atoms with van der Waals surface area (Å²) in [6.07, 6.45) is 0. The van der Waals surface area contributed by atoms with Gasteiger partial charge in [-0.1, -0.05) is 47.1 Å². The summed E-state index contributed by atoms with van der Waals surface area (Å²) in [5.74, 6) is 0.371. The Labute approximate surface area is 113 Å². The molecule has 0 radical (unpaired) electrons. The van der Waals surface area contributed by atoms with Crippen molar-refractivity contribution in [1.82, 2.24) is 0 Å². The number of ketones is 1. The number of allylic oxidation sites excluding steroid dienone is 2. The molecule has 0 amide bonds. The molecule has 1 saturated carbocycles. The fourth-order valence-corrected chi connectivity index (χ4v) is 4.23. The van der Waals surface area contributed by atoms with E-state index in [-0.39, 0.29) is 21.7 Å². The standard InChI is InChI=1S/C17H30O/c1-14(2,3)11(15(4,5)6)12-16(7,8)13(18)17(12,9)10/h1-10H3. The van der Waals surface area contributed by atoms with Crippen molar-refractivity contribution in [3.63, 3.8) is 0 Å². The second-order valence-electron chi connectivity index (χ2n) is 8.83. The molecule has 0 aromatic carbocycles. The van der Waals surface area contributed by atoms with Crippen LogP contribution < -0.4 is 0 Å². The van der Waals surface area contributed by atoms with E-state index in [1.165, 1.54) is 11.1 Å². The highest BCUT2D eigenvalue weighted by molar-refractivity contribution is 6.03. The van der Waals surface area contributed by atoms with E-state index in [9.17, 15) is 4.79 Å². The minimum atomic E-state index is -0.292. The molecule has 0 N–H and O–H groups in total. The maximum Gasteiger partial charge on any atom is 0.152 e. The molecule has 104 valence electrons. The lowest BCUT2D eigenvalue weighted by molar-refractivity contribution is -0.141. The van der Waals surface area contributed by atoms with Crippen molar-refractivity contribution in [3.8, 4) is 0 Å². The van der Waals surface area contributed by atoms with Gasteiger partial charge in [-0.05, 0) is 44.1 Å². The fourth-order valence-electron chi connectivity index (χ4n) is 4.23. The molecule has 0 aliphatic heterocycles. The lowest BCUT2D eigenvalue weighted by Gasteiger charge is -2.55. The summed E-state index contributed by atoms with van der Waals surface area (Å²) in [6.45, 7) is 21.9. The highest BCUT2D eigenvalue weighted by Crippen LogP contribution is 2.60. The second-order valence-corrected chi connectivity index (χ2v) is 8.83. The van der Waals surface area contributed by atoms with Crippen LogP contribution in [0.4, 0.5) is 0 Å². The van der Waals surface area contributed by atoms with E-state index in [2.05, 4.69) is 69.2 Å². The Morgan fingerprint density at radius 3 is 1.28 bits per heavy atom. The van der Waals surface area contributed by atoms with Crippen LogP contribution in [0.5, 0.6) is 0 Å². The minimum Gasteiger partial charge on any atom is -0.298 e. The number of Topliss-reactive ketones (excluding diaryl/α,β-unsaturated/α-hetero) is 1. The van der Waals surface area contributed by atoms with E-state index in [0.29, 0.717) is 5.78 Å². The highest BCUT2D eigenvalue weighted by Gasteiger charge is 2.59. The molecular formula is C17H30O. The Morgan fingerprint density at radius 2 is 1.06 bits per heavy atom. The molecule has 0 aromatic heterocycles. The zero-order valence-electron chi connectivity index (χ0n) is 13.9. The first-order chi connectivity index (χ1) is 7.64. The van der Waals surface area contributed by atoms with Gasteiger partial charge in [-0.25, -0.2) is 0 Å². The van der Waals surface area contributed by atoms with E-state index in [0.717, 1.165) is 0 Å². The van der Waals surface area contributed by atoms with Gasteiger partial charge < -0.3 is 0 Å². The van der Waals surface area contributed by atoms with Crippen LogP contribution >= 0.6 is 0 Å². The van der Waals surface area contributed by atoms with E-state index >= 15 is 0 Å². The molecule has 18 heavy (non-hydrogen) atoms. The molecule has 1 rings (SSSR count). The van der Waals surface area contributed by atoms with Gasteiger partial charge in [-0.15, -0.1) is 0 Å².